The summed E-state index contributed by atoms with van der Waals surface area (Å²) in [5.41, 5.74) is 1.34. The summed E-state index contributed by atoms with van der Waals surface area (Å²) in [5, 5.41) is 0. The van der Waals surface area contributed by atoms with Gasteiger partial charge in [0.05, 0.1) is 7.11 Å². The number of nitrogens with zero attached hydrogens (tertiary/aromatic N) is 1. The van der Waals surface area contributed by atoms with E-state index in [-0.39, 0.29) is 0 Å². The van der Waals surface area contributed by atoms with Crippen LogP contribution in [-0.4, -0.2) is 25.1 Å². The fourth-order valence-corrected chi connectivity index (χ4v) is 3.08. The van der Waals surface area contributed by atoms with Gasteiger partial charge in [0.2, 0.25) is 0 Å². The van der Waals surface area contributed by atoms with Crippen molar-refractivity contribution in [2.75, 3.05) is 20.2 Å². The van der Waals surface area contributed by atoms with Crippen molar-refractivity contribution in [1.29, 1.82) is 0 Å². The SMILES string of the molecule is COc1ccccc1C(C(C)C)N1CCCCC1. The lowest BCUT2D eigenvalue weighted by atomic mass is 9.92. The van der Waals surface area contributed by atoms with Gasteiger partial charge in [-0.3, -0.25) is 4.90 Å². The van der Waals surface area contributed by atoms with Crippen LogP contribution in [0.3, 0.4) is 0 Å². The summed E-state index contributed by atoms with van der Waals surface area (Å²) >= 11 is 0. The monoisotopic (exact) mass is 247 g/mol. The van der Waals surface area contributed by atoms with Crippen molar-refractivity contribution in [2.45, 2.75) is 39.2 Å². The van der Waals surface area contributed by atoms with Crippen LogP contribution >= 0.6 is 0 Å². The summed E-state index contributed by atoms with van der Waals surface area (Å²) in [6.07, 6.45) is 4.05. The molecule has 1 atom stereocenters. The molecule has 1 fully saturated rings. The number of para-hydroxylation sites is 1. The number of ether oxygens (including phenoxy) is 1. The molecular weight excluding hydrogens is 222 g/mol. The molecule has 0 radical (unpaired) electrons. The van der Waals surface area contributed by atoms with Crippen molar-refractivity contribution in [3.63, 3.8) is 0 Å². The lowest BCUT2D eigenvalue weighted by molar-refractivity contribution is 0.126. The van der Waals surface area contributed by atoms with Gasteiger partial charge in [-0.1, -0.05) is 38.5 Å². The number of piperidine rings is 1. The average Bonchev–Trinajstić information content (AvgIpc) is 2.40. The Balaban J connectivity index is 2.28. The Hall–Kier alpha value is -1.02. The number of methoxy groups -OCH3 is 1. The van der Waals surface area contributed by atoms with Crippen LogP contribution in [0.25, 0.3) is 0 Å². The van der Waals surface area contributed by atoms with E-state index in [1.165, 1.54) is 37.9 Å². The number of hydrogen-bond acceptors (Lipinski definition) is 2. The fourth-order valence-electron chi connectivity index (χ4n) is 3.08. The third-order valence-corrected chi connectivity index (χ3v) is 3.87. The Morgan fingerprint density at radius 2 is 1.72 bits per heavy atom. The van der Waals surface area contributed by atoms with Gasteiger partial charge in [0.15, 0.2) is 0 Å². The Bertz CT molecular complexity index is 369. The minimum atomic E-state index is 0.487. The van der Waals surface area contributed by atoms with E-state index in [2.05, 4.69) is 43.0 Å². The molecule has 1 aliphatic rings. The third-order valence-electron chi connectivity index (χ3n) is 3.87. The maximum absolute atomic E-state index is 5.54. The normalized spacial score (nSPS) is 18.9. The first-order chi connectivity index (χ1) is 8.74. The molecule has 1 unspecified atom stereocenters. The summed E-state index contributed by atoms with van der Waals surface area (Å²) in [4.78, 5) is 2.63. The first-order valence-corrected chi connectivity index (χ1v) is 7.11. The van der Waals surface area contributed by atoms with Crippen LogP contribution in [0.4, 0.5) is 0 Å². The summed E-state index contributed by atoms with van der Waals surface area (Å²) in [6.45, 7) is 7.07. The van der Waals surface area contributed by atoms with Crippen molar-refractivity contribution >= 4 is 0 Å². The zero-order chi connectivity index (χ0) is 13.0. The zero-order valence-electron chi connectivity index (χ0n) is 11.9. The molecule has 0 saturated carbocycles. The van der Waals surface area contributed by atoms with Crippen LogP contribution in [0, 0.1) is 5.92 Å². The van der Waals surface area contributed by atoms with Crippen molar-refractivity contribution in [1.82, 2.24) is 4.90 Å². The third kappa shape index (κ3) is 2.86. The highest BCUT2D eigenvalue weighted by molar-refractivity contribution is 5.36. The average molecular weight is 247 g/mol. The van der Waals surface area contributed by atoms with E-state index in [1.807, 2.05) is 0 Å². The largest absolute Gasteiger partial charge is 0.496 e. The smallest absolute Gasteiger partial charge is 0.123 e. The van der Waals surface area contributed by atoms with Crippen LogP contribution in [0.5, 0.6) is 5.75 Å². The van der Waals surface area contributed by atoms with Gasteiger partial charge < -0.3 is 4.74 Å². The quantitative estimate of drug-likeness (QED) is 0.800. The zero-order valence-corrected chi connectivity index (χ0v) is 11.9. The number of rotatable bonds is 4. The predicted molar refractivity (Wildman–Crippen MR) is 76.0 cm³/mol. The Morgan fingerprint density at radius 3 is 2.33 bits per heavy atom. The van der Waals surface area contributed by atoms with E-state index in [9.17, 15) is 0 Å². The fraction of sp³-hybridized carbons (Fsp3) is 0.625. The van der Waals surface area contributed by atoms with Gasteiger partial charge in [-0.25, -0.2) is 0 Å². The van der Waals surface area contributed by atoms with Crippen LogP contribution < -0.4 is 4.74 Å². The van der Waals surface area contributed by atoms with E-state index < -0.39 is 0 Å². The lowest BCUT2D eigenvalue weighted by Crippen LogP contribution is -2.36. The highest BCUT2D eigenvalue weighted by Crippen LogP contribution is 2.35. The minimum absolute atomic E-state index is 0.487. The van der Waals surface area contributed by atoms with Gasteiger partial charge in [-0.15, -0.1) is 0 Å². The maximum Gasteiger partial charge on any atom is 0.123 e. The molecular formula is C16H25NO. The molecule has 1 heterocycles. The first kappa shape index (κ1) is 13.4. The Kier molecular flexibility index (Phi) is 4.65. The van der Waals surface area contributed by atoms with E-state index in [0.717, 1.165) is 5.75 Å². The molecule has 0 aliphatic carbocycles. The maximum atomic E-state index is 5.54. The summed E-state index contributed by atoms with van der Waals surface area (Å²) in [7, 11) is 1.77. The summed E-state index contributed by atoms with van der Waals surface area (Å²) in [6, 6.07) is 8.96. The Morgan fingerprint density at radius 1 is 1.06 bits per heavy atom. The van der Waals surface area contributed by atoms with Crippen molar-refractivity contribution in [3.05, 3.63) is 29.8 Å². The number of benzene rings is 1. The molecule has 1 aromatic carbocycles. The Labute approximate surface area is 111 Å². The minimum Gasteiger partial charge on any atom is -0.496 e. The van der Waals surface area contributed by atoms with Gasteiger partial charge in [-0.05, 0) is 37.9 Å². The van der Waals surface area contributed by atoms with Gasteiger partial charge in [0, 0.05) is 11.6 Å². The second kappa shape index (κ2) is 6.24. The van der Waals surface area contributed by atoms with Gasteiger partial charge >= 0.3 is 0 Å². The number of likely N-dealkylation sites (tertiary alicyclic amines) is 1. The molecule has 0 N–H and O–H groups in total. The van der Waals surface area contributed by atoms with Gasteiger partial charge in [0.25, 0.3) is 0 Å². The molecule has 1 aliphatic heterocycles. The van der Waals surface area contributed by atoms with E-state index in [1.54, 1.807) is 7.11 Å². The lowest BCUT2D eigenvalue weighted by Gasteiger charge is -2.37. The molecule has 0 aromatic heterocycles. The van der Waals surface area contributed by atoms with Crippen LogP contribution in [-0.2, 0) is 0 Å². The van der Waals surface area contributed by atoms with Gasteiger partial charge in [0.1, 0.15) is 5.75 Å². The van der Waals surface area contributed by atoms with Gasteiger partial charge in [-0.2, -0.15) is 0 Å². The second-order valence-corrected chi connectivity index (χ2v) is 5.53. The van der Waals surface area contributed by atoms with Crippen molar-refractivity contribution in [3.8, 4) is 5.75 Å². The molecule has 100 valence electrons. The molecule has 0 bridgehead atoms. The standard InChI is InChI=1S/C16H25NO/c1-13(2)16(17-11-7-4-8-12-17)14-9-5-6-10-15(14)18-3/h5-6,9-10,13,16H,4,7-8,11-12H2,1-3H3. The topological polar surface area (TPSA) is 12.5 Å². The molecule has 2 heteroatoms. The molecule has 1 saturated heterocycles. The first-order valence-electron chi connectivity index (χ1n) is 7.11. The predicted octanol–water partition coefficient (Wildman–Crippen LogP) is 3.88. The molecule has 1 aromatic rings. The van der Waals surface area contributed by atoms with E-state index in [0.29, 0.717) is 12.0 Å². The van der Waals surface area contributed by atoms with E-state index >= 15 is 0 Å². The van der Waals surface area contributed by atoms with E-state index in [4.69, 9.17) is 4.74 Å². The van der Waals surface area contributed by atoms with Crippen molar-refractivity contribution < 1.29 is 4.74 Å². The van der Waals surface area contributed by atoms with Crippen molar-refractivity contribution in [2.24, 2.45) is 5.92 Å². The van der Waals surface area contributed by atoms with Crippen LogP contribution in [0.15, 0.2) is 24.3 Å². The molecule has 18 heavy (non-hydrogen) atoms. The molecule has 2 rings (SSSR count). The molecule has 2 nitrogen and oxygen atoms in total. The molecule has 0 spiro atoms. The molecule has 0 amide bonds. The van der Waals surface area contributed by atoms with Crippen LogP contribution in [0.1, 0.15) is 44.7 Å². The summed E-state index contributed by atoms with van der Waals surface area (Å²) < 4.78 is 5.54. The van der Waals surface area contributed by atoms with Crippen LogP contribution in [0.2, 0.25) is 0 Å². The second-order valence-electron chi connectivity index (χ2n) is 5.53. The highest BCUT2D eigenvalue weighted by atomic mass is 16.5. The number of hydrogen-bond donors (Lipinski definition) is 0. The summed E-state index contributed by atoms with van der Waals surface area (Å²) in [5.74, 6) is 1.64. The highest BCUT2D eigenvalue weighted by Gasteiger charge is 2.27.